The lowest BCUT2D eigenvalue weighted by atomic mass is 10.2. The highest BCUT2D eigenvalue weighted by Crippen LogP contribution is 2.16. The molecule has 3 rings (SSSR count). The van der Waals surface area contributed by atoms with Gasteiger partial charge in [0.25, 0.3) is 5.91 Å². The average Bonchev–Trinajstić information content (AvgIpc) is 3.04. The summed E-state index contributed by atoms with van der Waals surface area (Å²) < 4.78 is 31.9. The molecule has 2 aromatic rings. The smallest absolute Gasteiger partial charge is 0.255 e. The van der Waals surface area contributed by atoms with Crippen molar-refractivity contribution >= 4 is 15.9 Å². The Bertz CT molecular complexity index is 853. The van der Waals surface area contributed by atoms with Gasteiger partial charge in [-0.1, -0.05) is 0 Å². The van der Waals surface area contributed by atoms with Crippen LogP contribution in [-0.4, -0.2) is 41.2 Å². The van der Waals surface area contributed by atoms with E-state index in [4.69, 9.17) is 4.42 Å². The summed E-state index contributed by atoms with van der Waals surface area (Å²) in [6.07, 6.45) is 3.40. The largest absolute Gasteiger partial charge is 0.469 e. The van der Waals surface area contributed by atoms with Crippen LogP contribution in [0.5, 0.6) is 0 Å². The fraction of sp³-hybridized carbons (Fsp3) is 0.467. The van der Waals surface area contributed by atoms with Gasteiger partial charge >= 0.3 is 0 Å². The maximum Gasteiger partial charge on any atom is 0.255 e. The van der Waals surface area contributed by atoms with E-state index in [1.165, 1.54) is 16.8 Å². The number of sulfonamides is 1. The normalized spacial score (nSPS) is 15.8. The monoisotopic (exact) mass is 352 g/mol. The maximum atomic E-state index is 12.1. The predicted octanol–water partition coefficient (Wildman–Crippen LogP) is 0.880. The fourth-order valence-electron chi connectivity index (χ4n) is 2.75. The molecule has 0 bridgehead atoms. The van der Waals surface area contributed by atoms with Crippen LogP contribution in [0.15, 0.2) is 22.8 Å². The summed E-state index contributed by atoms with van der Waals surface area (Å²) >= 11 is 0. The predicted molar refractivity (Wildman–Crippen MR) is 86.7 cm³/mol. The van der Waals surface area contributed by atoms with E-state index < -0.39 is 10.0 Å². The van der Waals surface area contributed by atoms with E-state index in [9.17, 15) is 13.2 Å². The minimum Gasteiger partial charge on any atom is -0.469 e. The SMILES string of the molecule is Cc1occc1C(=O)NCc1cc2n(n1)CCCN(S(C)(=O)=O)C2. The standard InChI is InChI=1S/C15H20N4O4S/c1-11-14(4-7-23-11)15(20)16-9-12-8-13-10-18(24(2,21)22)5-3-6-19(13)17-12/h4,7-8H,3,5-6,9-10H2,1-2H3,(H,16,20). The molecular formula is C15H20N4O4S. The van der Waals surface area contributed by atoms with Crippen molar-refractivity contribution in [3.05, 3.63) is 41.1 Å². The van der Waals surface area contributed by atoms with E-state index in [1.807, 2.05) is 10.7 Å². The zero-order valence-corrected chi connectivity index (χ0v) is 14.5. The maximum absolute atomic E-state index is 12.1. The summed E-state index contributed by atoms with van der Waals surface area (Å²) in [5.74, 6) is 0.346. The number of amides is 1. The molecule has 0 spiro atoms. The lowest BCUT2D eigenvalue weighted by molar-refractivity contribution is 0.0949. The highest BCUT2D eigenvalue weighted by molar-refractivity contribution is 7.88. The first-order chi connectivity index (χ1) is 11.3. The third-order valence-electron chi connectivity index (χ3n) is 4.03. The molecule has 0 fully saturated rings. The number of nitrogens with zero attached hydrogens (tertiary/aromatic N) is 3. The third-order valence-corrected chi connectivity index (χ3v) is 5.28. The van der Waals surface area contributed by atoms with Gasteiger partial charge < -0.3 is 9.73 Å². The Morgan fingerprint density at radius 1 is 1.42 bits per heavy atom. The summed E-state index contributed by atoms with van der Waals surface area (Å²) in [6.45, 7) is 3.47. The molecule has 0 radical (unpaired) electrons. The van der Waals surface area contributed by atoms with E-state index in [-0.39, 0.29) is 12.5 Å². The lowest BCUT2D eigenvalue weighted by Gasteiger charge is -2.16. The van der Waals surface area contributed by atoms with Crippen LogP contribution in [0.2, 0.25) is 0 Å². The Kier molecular flexibility index (Phi) is 4.46. The topological polar surface area (TPSA) is 97.4 Å². The minimum absolute atomic E-state index is 0.220. The highest BCUT2D eigenvalue weighted by atomic mass is 32.2. The molecule has 0 aromatic carbocycles. The van der Waals surface area contributed by atoms with Gasteiger partial charge in [-0.2, -0.15) is 9.40 Å². The van der Waals surface area contributed by atoms with Crippen LogP contribution >= 0.6 is 0 Å². The molecule has 0 atom stereocenters. The zero-order valence-electron chi connectivity index (χ0n) is 13.7. The van der Waals surface area contributed by atoms with Gasteiger partial charge in [-0.05, 0) is 25.5 Å². The van der Waals surface area contributed by atoms with E-state index in [0.717, 1.165) is 5.69 Å². The van der Waals surface area contributed by atoms with Gasteiger partial charge in [-0.3, -0.25) is 9.48 Å². The number of hydrogen-bond acceptors (Lipinski definition) is 5. The second-order valence-electron chi connectivity index (χ2n) is 5.87. The van der Waals surface area contributed by atoms with Gasteiger partial charge in [0.2, 0.25) is 10.0 Å². The molecule has 1 N–H and O–H groups in total. The molecule has 24 heavy (non-hydrogen) atoms. The van der Waals surface area contributed by atoms with Crippen LogP contribution in [0, 0.1) is 6.92 Å². The Hall–Kier alpha value is -2.13. The Morgan fingerprint density at radius 2 is 2.21 bits per heavy atom. The highest BCUT2D eigenvalue weighted by Gasteiger charge is 2.23. The van der Waals surface area contributed by atoms with Crippen molar-refractivity contribution < 1.29 is 17.6 Å². The van der Waals surface area contributed by atoms with Gasteiger partial charge in [0, 0.05) is 13.1 Å². The minimum atomic E-state index is -3.23. The number of furan rings is 1. The number of carbonyl (C=O) groups excluding carboxylic acids is 1. The molecule has 1 aliphatic heterocycles. The summed E-state index contributed by atoms with van der Waals surface area (Å²) in [7, 11) is -3.23. The molecule has 1 amide bonds. The van der Waals surface area contributed by atoms with Crippen LogP contribution < -0.4 is 5.32 Å². The van der Waals surface area contributed by atoms with Gasteiger partial charge in [-0.25, -0.2) is 8.42 Å². The molecule has 0 saturated carbocycles. The summed E-state index contributed by atoms with van der Waals surface area (Å²) in [5, 5.41) is 7.26. The fourth-order valence-corrected chi connectivity index (χ4v) is 3.58. The summed E-state index contributed by atoms with van der Waals surface area (Å²) in [4.78, 5) is 12.1. The Morgan fingerprint density at radius 3 is 2.88 bits per heavy atom. The molecule has 2 aromatic heterocycles. The first-order valence-corrected chi connectivity index (χ1v) is 9.52. The summed E-state index contributed by atoms with van der Waals surface area (Å²) in [6, 6.07) is 3.46. The molecular weight excluding hydrogens is 332 g/mol. The molecule has 9 heteroatoms. The lowest BCUT2D eigenvalue weighted by Crippen LogP contribution is -2.29. The van der Waals surface area contributed by atoms with Crippen molar-refractivity contribution in [2.24, 2.45) is 0 Å². The Balaban J connectivity index is 1.69. The second kappa shape index (κ2) is 6.40. The molecule has 0 saturated heterocycles. The number of aryl methyl sites for hydroxylation is 2. The van der Waals surface area contributed by atoms with Crippen LogP contribution in [0.1, 0.15) is 33.9 Å². The van der Waals surface area contributed by atoms with Crippen molar-refractivity contribution in [2.75, 3.05) is 12.8 Å². The molecule has 130 valence electrons. The van der Waals surface area contributed by atoms with Crippen molar-refractivity contribution in [1.82, 2.24) is 19.4 Å². The number of aromatic nitrogens is 2. The second-order valence-corrected chi connectivity index (χ2v) is 7.86. The number of hydrogen-bond donors (Lipinski definition) is 1. The van der Waals surface area contributed by atoms with Gasteiger partial charge in [0.15, 0.2) is 0 Å². The van der Waals surface area contributed by atoms with Crippen LogP contribution in [0.4, 0.5) is 0 Å². The molecule has 0 aliphatic carbocycles. The van der Waals surface area contributed by atoms with Crippen molar-refractivity contribution in [2.45, 2.75) is 33.0 Å². The van der Waals surface area contributed by atoms with E-state index in [0.29, 0.717) is 43.1 Å². The van der Waals surface area contributed by atoms with Crippen LogP contribution in [0.3, 0.4) is 0 Å². The first kappa shape index (κ1) is 16.7. The van der Waals surface area contributed by atoms with Gasteiger partial charge in [0.05, 0.1) is 42.6 Å². The number of fused-ring (bicyclic) bond motifs is 1. The zero-order chi connectivity index (χ0) is 17.3. The quantitative estimate of drug-likeness (QED) is 0.881. The third kappa shape index (κ3) is 3.51. The summed E-state index contributed by atoms with van der Waals surface area (Å²) in [5.41, 5.74) is 2.04. The van der Waals surface area contributed by atoms with E-state index in [2.05, 4.69) is 10.4 Å². The van der Waals surface area contributed by atoms with E-state index >= 15 is 0 Å². The molecule has 8 nitrogen and oxygen atoms in total. The first-order valence-electron chi connectivity index (χ1n) is 7.67. The van der Waals surface area contributed by atoms with Crippen molar-refractivity contribution in [3.8, 4) is 0 Å². The van der Waals surface area contributed by atoms with Gasteiger partial charge in [0.1, 0.15) is 5.76 Å². The number of carbonyl (C=O) groups is 1. The molecule has 1 aliphatic rings. The van der Waals surface area contributed by atoms with Crippen molar-refractivity contribution in [1.29, 1.82) is 0 Å². The van der Waals surface area contributed by atoms with Crippen LogP contribution in [0.25, 0.3) is 0 Å². The van der Waals surface area contributed by atoms with Crippen molar-refractivity contribution in [3.63, 3.8) is 0 Å². The molecule has 3 heterocycles. The number of nitrogens with one attached hydrogen (secondary N) is 1. The molecule has 0 unspecified atom stereocenters. The van der Waals surface area contributed by atoms with Gasteiger partial charge in [-0.15, -0.1) is 0 Å². The average molecular weight is 352 g/mol. The Labute approximate surface area is 140 Å². The number of rotatable bonds is 4. The van der Waals surface area contributed by atoms with E-state index in [1.54, 1.807) is 13.0 Å². The van der Waals surface area contributed by atoms with Crippen LogP contribution in [-0.2, 0) is 29.7 Å².